The van der Waals surface area contributed by atoms with Crippen molar-refractivity contribution in [1.82, 2.24) is 20.2 Å². The zero-order valence-corrected chi connectivity index (χ0v) is 15.5. The number of rotatable bonds is 8. The molecule has 10 heteroatoms. The van der Waals surface area contributed by atoms with E-state index in [9.17, 15) is 9.50 Å². The van der Waals surface area contributed by atoms with Gasteiger partial charge in [-0.05, 0) is 46.3 Å². The molecule has 0 spiro atoms. The van der Waals surface area contributed by atoms with Gasteiger partial charge >= 0.3 is 0 Å². The van der Waals surface area contributed by atoms with Crippen molar-refractivity contribution in [2.75, 3.05) is 19.2 Å². The molecule has 0 saturated carbocycles. The Morgan fingerprint density at radius 1 is 1.21 bits per heavy atom. The van der Waals surface area contributed by atoms with Crippen molar-refractivity contribution in [2.45, 2.75) is 17.9 Å². The minimum atomic E-state index is -0.711. The molecule has 2 aromatic carbocycles. The first kappa shape index (κ1) is 18.7. The normalized spacial score (nSPS) is 13.6. The van der Waals surface area contributed by atoms with Gasteiger partial charge in [-0.2, -0.15) is 4.68 Å². The zero-order valence-electron chi connectivity index (χ0n) is 14.7. The third-order valence-electron chi connectivity index (χ3n) is 3.91. The van der Waals surface area contributed by atoms with Crippen LogP contribution in [0, 0.1) is 5.82 Å². The molecule has 1 aliphatic rings. The number of benzene rings is 2. The molecule has 8 nitrogen and oxygen atoms in total. The van der Waals surface area contributed by atoms with Gasteiger partial charge in [-0.25, -0.2) is 4.39 Å². The maximum Gasteiger partial charge on any atom is 0.231 e. The molecule has 146 valence electrons. The molecule has 0 aliphatic carbocycles. The summed E-state index contributed by atoms with van der Waals surface area (Å²) in [6.07, 6.45) is -0.711. The molecular formula is C18H17FN4O4S. The summed E-state index contributed by atoms with van der Waals surface area (Å²) in [7, 11) is 0. The van der Waals surface area contributed by atoms with Crippen LogP contribution in [0.3, 0.4) is 0 Å². The average molecular weight is 404 g/mol. The summed E-state index contributed by atoms with van der Waals surface area (Å²) >= 11 is 1.26. The number of tetrazole rings is 1. The summed E-state index contributed by atoms with van der Waals surface area (Å²) in [5.74, 6) is 1.37. The summed E-state index contributed by atoms with van der Waals surface area (Å²) in [5, 5.41) is 22.0. The lowest BCUT2D eigenvalue weighted by atomic mass is 10.2. The molecule has 0 radical (unpaired) electrons. The predicted octanol–water partition coefficient (Wildman–Crippen LogP) is 2.20. The smallest absolute Gasteiger partial charge is 0.231 e. The van der Waals surface area contributed by atoms with Gasteiger partial charge in [0, 0.05) is 5.75 Å². The summed E-state index contributed by atoms with van der Waals surface area (Å²) in [5.41, 5.74) is 1.44. The number of aliphatic hydroxyl groups is 1. The second-order valence-corrected chi connectivity index (χ2v) is 7.01. The van der Waals surface area contributed by atoms with Crippen LogP contribution >= 0.6 is 11.8 Å². The number of halogens is 1. The van der Waals surface area contributed by atoms with Gasteiger partial charge in [-0.1, -0.05) is 23.9 Å². The molecule has 1 atom stereocenters. The second-order valence-electron chi connectivity index (χ2n) is 6.02. The number of nitrogens with zero attached hydrogens (tertiary/aromatic N) is 4. The number of hydrogen-bond acceptors (Lipinski definition) is 8. The standard InChI is InChI=1S/C18H17FN4O4S/c19-13-2-1-3-14(7-13)23-18(20-21-22-23)28-10-15(24)9-25-8-12-4-5-16-17(6-12)27-11-26-16/h1-7,15,24H,8-11H2. The van der Waals surface area contributed by atoms with E-state index < -0.39 is 6.10 Å². The Hall–Kier alpha value is -2.69. The van der Waals surface area contributed by atoms with Gasteiger partial charge in [0.25, 0.3) is 0 Å². The van der Waals surface area contributed by atoms with Gasteiger partial charge in [0.1, 0.15) is 5.82 Å². The minimum absolute atomic E-state index is 0.156. The van der Waals surface area contributed by atoms with Crippen LogP contribution in [0.25, 0.3) is 5.69 Å². The van der Waals surface area contributed by atoms with Gasteiger partial charge in [0.05, 0.1) is 25.0 Å². The number of aliphatic hydroxyl groups excluding tert-OH is 1. The molecule has 28 heavy (non-hydrogen) atoms. The molecule has 1 aliphatic heterocycles. The van der Waals surface area contributed by atoms with Gasteiger partial charge in [-0.15, -0.1) is 5.10 Å². The molecule has 1 N–H and O–H groups in total. The lowest BCUT2D eigenvalue weighted by molar-refractivity contribution is 0.0397. The fraction of sp³-hybridized carbons (Fsp3) is 0.278. The van der Waals surface area contributed by atoms with E-state index in [1.807, 2.05) is 18.2 Å². The Bertz CT molecular complexity index is 955. The van der Waals surface area contributed by atoms with Gasteiger partial charge in [0.15, 0.2) is 11.5 Å². The van der Waals surface area contributed by atoms with E-state index in [0.717, 1.165) is 11.3 Å². The van der Waals surface area contributed by atoms with E-state index in [1.165, 1.54) is 28.6 Å². The number of hydrogen-bond donors (Lipinski definition) is 1. The van der Waals surface area contributed by atoms with Crippen molar-refractivity contribution < 1.29 is 23.7 Å². The van der Waals surface area contributed by atoms with Crippen molar-refractivity contribution in [3.63, 3.8) is 0 Å². The van der Waals surface area contributed by atoms with Crippen LogP contribution in [0.4, 0.5) is 4.39 Å². The molecule has 4 rings (SSSR count). The van der Waals surface area contributed by atoms with Crippen LogP contribution in [0.5, 0.6) is 11.5 Å². The molecule has 0 saturated heterocycles. The molecule has 0 bridgehead atoms. The quantitative estimate of drug-likeness (QED) is 0.572. The zero-order chi connectivity index (χ0) is 19.3. The Kier molecular flexibility index (Phi) is 5.70. The summed E-state index contributed by atoms with van der Waals surface area (Å²) < 4.78 is 31.0. The van der Waals surface area contributed by atoms with Gasteiger partial charge in [-0.3, -0.25) is 0 Å². The first-order chi connectivity index (χ1) is 13.7. The van der Waals surface area contributed by atoms with Crippen molar-refractivity contribution in [3.05, 3.63) is 53.8 Å². The van der Waals surface area contributed by atoms with Crippen molar-refractivity contribution in [1.29, 1.82) is 0 Å². The fourth-order valence-electron chi connectivity index (χ4n) is 2.60. The highest BCUT2D eigenvalue weighted by atomic mass is 32.2. The van der Waals surface area contributed by atoms with Crippen LogP contribution in [0.2, 0.25) is 0 Å². The molecule has 0 amide bonds. The monoisotopic (exact) mass is 404 g/mol. The maximum atomic E-state index is 13.4. The van der Waals surface area contributed by atoms with Gasteiger partial charge in [0.2, 0.25) is 11.9 Å². The van der Waals surface area contributed by atoms with Crippen LogP contribution < -0.4 is 9.47 Å². The van der Waals surface area contributed by atoms with Crippen LogP contribution in [0.15, 0.2) is 47.6 Å². The first-order valence-electron chi connectivity index (χ1n) is 8.50. The van der Waals surface area contributed by atoms with Crippen molar-refractivity contribution in [2.24, 2.45) is 0 Å². The average Bonchev–Trinajstić information content (AvgIpc) is 3.35. The molecule has 3 aromatic rings. The third-order valence-corrected chi connectivity index (χ3v) is 4.98. The van der Waals surface area contributed by atoms with Crippen molar-refractivity contribution >= 4 is 11.8 Å². The number of fused-ring (bicyclic) bond motifs is 1. The fourth-order valence-corrected chi connectivity index (χ4v) is 3.40. The maximum absolute atomic E-state index is 13.4. The predicted molar refractivity (Wildman–Crippen MR) is 98.1 cm³/mol. The Balaban J connectivity index is 1.26. The van der Waals surface area contributed by atoms with E-state index >= 15 is 0 Å². The number of aromatic nitrogens is 4. The molecule has 1 unspecified atom stereocenters. The van der Waals surface area contributed by atoms with Crippen LogP contribution in [0.1, 0.15) is 5.56 Å². The van der Waals surface area contributed by atoms with Gasteiger partial charge < -0.3 is 19.3 Å². The topological polar surface area (TPSA) is 91.5 Å². The molecular weight excluding hydrogens is 387 g/mol. The van der Waals surface area contributed by atoms with Crippen LogP contribution in [-0.2, 0) is 11.3 Å². The minimum Gasteiger partial charge on any atom is -0.454 e. The number of thioether (sulfide) groups is 1. The molecule has 2 heterocycles. The largest absolute Gasteiger partial charge is 0.454 e. The number of ether oxygens (including phenoxy) is 3. The first-order valence-corrected chi connectivity index (χ1v) is 9.49. The Morgan fingerprint density at radius 2 is 2.11 bits per heavy atom. The second kappa shape index (κ2) is 8.55. The molecule has 1 aromatic heterocycles. The molecule has 0 fully saturated rings. The lowest BCUT2D eigenvalue weighted by Crippen LogP contribution is -2.18. The Labute approximate surface area is 164 Å². The third kappa shape index (κ3) is 4.41. The Morgan fingerprint density at radius 3 is 3.00 bits per heavy atom. The van der Waals surface area contributed by atoms with E-state index in [-0.39, 0.29) is 19.2 Å². The van der Waals surface area contributed by atoms with E-state index in [4.69, 9.17) is 14.2 Å². The lowest BCUT2D eigenvalue weighted by Gasteiger charge is -2.11. The van der Waals surface area contributed by atoms with Crippen molar-refractivity contribution in [3.8, 4) is 17.2 Å². The van der Waals surface area contributed by atoms with E-state index in [2.05, 4.69) is 15.5 Å². The highest BCUT2D eigenvalue weighted by Gasteiger charge is 2.15. The SMILES string of the molecule is OC(COCc1ccc2c(c1)OCO2)CSc1nnnn1-c1cccc(F)c1. The van der Waals surface area contributed by atoms with E-state index in [0.29, 0.717) is 29.0 Å². The van der Waals surface area contributed by atoms with Crippen LogP contribution in [-0.4, -0.2) is 50.6 Å². The highest BCUT2D eigenvalue weighted by molar-refractivity contribution is 7.99. The summed E-state index contributed by atoms with van der Waals surface area (Å²) in [6, 6.07) is 11.6. The summed E-state index contributed by atoms with van der Waals surface area (Å²) in [4.78, 5) is 0. The van der Waals surface area contributed by atoms with E-state index in [1.54, 1.807) is 12.1 Å². The summed E-state index contributed by atoms with van der Waals surface area (Å²) in [6.45, 7) is 0.729. The highest BCUT2D eigenvalue weighted by Crippen LogP contribution is 2.32.